The molecule has 0 aliphatic rings. The number of aryl methyl sites for hydroxylation is 2. The van der Waals surface area contributed by atoms with Crippen LogP contribution in [0.15, 0.2) is 24.3 Å². The SMILES string of the molecule is CCc1ccccc1CCC(C)NC. The molecule has 1 aromatic rings. The van der Waals surface area contributed by atoms with E-state index in [0.717, 1.165) is 6.42 Å². The van der Waals surface area contributed by atoms with Crippen molar-refractivity contribution in [3.8, 4) is 0 Å². The minimum Gasteiger partial charge on any atom is -0.317 e. The van der Waals surface area contributed by atoms with Gasteiger partial charge < -0.3 is 5.32 Å². The lowest BCUT2D eigenvalue weighted by atomic mass is 9.99. The molecule has 0 radical (unpaired) electrons. The van der Waals surface area contributed by atoms with Gasteiger partial charge in [-0.3, -0.25) is 0 Å². The molecule has 1 atom stereocenters. The Balaban J connectivity index is 2.57. The van der Waals surface area contributed by atoms with Gasteiger partial charge in [-0.2, -0.15) is 0 Å². The molecule has 0 amide bonds. The third kappa shape index (κ3) is 3.15. The van der Waals surface area contributed by atoms with Crippen LogP contribution in [0.1, 0.15) is 31.4 Å². The standard InChI is InChI=1S/C13H21N/c1-4-12-7-5-6-8-13(12)10-9-11(2)14-3/h5-8,11,14H,4,9-10H2,1-3H3. The Morgan fingerprint density at radius 2 is 1.86 bits per heavy atom. The van der Waals surface area contributed by atoms with Crippen molar-refractivity contribution in [3.05, 3.63) is 35.4 Å². The lowest BCUT2D eigenvalue weighted by molar-refractivity contribution is 0.564. The zero-order valence-corrected chi connectivity index (χ0v) is 9.51. The molecule has 0 aliphatic heterocycles. The third-order valence-corrected chi connectivity index (χ3v) is 2.84. The van der Waals surface area contributed by atoms with Crippen molar-refractivity contribution in [2.45, 2.75) is 39.2 Å². The molecule has 1 N–H and O–H groups in total. The van der Waals surface area contributed by atoms with Crippen LogP contribution in [-0.2, 0) is 12.8 Å². The predicted molar refractivity (Wildman–Crippen MR) is 62.7 cm³/mol. The summed E-state index contributed by atoms with van der Waals surface area (Å²) in [5, 5.41) is 3.27. The Bertz CT molecular complexity index is 268. The van der Waals surface area contributed by atoms with Crippen LogP contribution >= 0.6 is 0 Å². The van der Waals surface area contributed by atoms with Crippen molar-refractivity contribution in [3.63, 3.8) is 0 Å². The quantitative estimate of drug-likeness (QED) is 0.754. The molecule has 0 saturated heterocycles. The Kier molecular flexibility index (Phi) is 4.68. The summed E-state index contributed by atoms with van der Waals surface area (Å²) < 4.78 is 0. The van der Waals surface area contributed by atoms with Crippen molar-refractivity contribution < 1.29 is 0 Å². The summed E-state index contributed by atoms with van der Waals surface area (Å²) in [7, 11) is 2.02. The normalized spacial score (nSPS) is 12.8. The summed E-state index contributed by atoms with van der Waals surface area (Å²) in [6, 6.07) is 9.36. The number of rotatable bonds is 5. The molecule has 0 saturated carbocycles. The van der Waals surface area contributed by atoms with Gasteiger partial charge in [0.1, 0.15) is 0 Å². The maximum absolute atomic E-state index is 3.27. The zero-order chi connectivity index (χ0) is 10.4. The first-order valence-corrected chi connectivity index (χ1v) is 5.52. The van der Waals surface area contributed by atoms with E-state index in [9.17, 15) is 0 Å². The largest absolute Gasteiger partial charge is 0.317 e. The Hall–Kier alpha value is -0.820. The molecule has 0 spiro atoms. The molecule has 0 aliphatic carbocycles. The van der Waals surface area contributed by atoms with Crippen molar-refractivity contribution in [1.29, 1.82) is 0 Å². The topological polar surface area (TPSA) is 12.0 Å². The summed E-state index contributed by atoms with van der Waals surface area (Å²) in [6.45, 7) is 4.45. The number of nitrogens with one attached hydrogen (secondary N) is 1. The van der Waals surface area contributed by atoms with Crippen LogP contribution in [0.3, 0.4) is 0 Å². The third-order valence-electron chi connectivity index (χ3n) is 2.84. The number of benzene rings is 1. The molecular weight excluding hydrogens is 170 g/mol. The maximum Gasteiger partial charge on any atom is 0.00388 e. The van der Waals surface area contributed by atoms with Gasteiger partial charge in [-0.15, -0.1) is 0 Å². The van der Waals surface area contributed by atoms with Crippen LogP contribution in [-0.4, -0.2) is 13.1 Å². The summed E-state index contributed by atoms with van der Waals surface area (Å²) in [6.07, 6.45) is 3.55. The van der Waals surface area contributed by atoms with Crippen LogP contribution in [0.4, 0.5) is 0 Å². The van der Waals surface area contributed by atoms with Crippen molar-refractivity contribution in [2.24, 2.45) is 0 Å². The van der Waals surface area contributed by atoms with E-state index in [-0.39, 0.29) is 0 Å². The zero-order valence-electron chi connectivity index (χ0n) is 9.51. The van der Waals surface area contributed by atoms with Gasteiger partial charge in [0.25, 0.3) is 0 Å². The average molecular weight is 191 g/mol. The van der Waals surface area contributed by atoms with E-state index >= 15 is 0 Å². The molecule has 78 valence electrons. The molecule has 1 heteroatoms. The van der Waals surface area contributed by atoms with Crippen LogP contribution in [0.5, 0.6) is 0 Å². The highest BCUT2D eigenvalue weighted by Crippen LogP contribution is 2.12. The van der Waals surface area contributed by atoms with Gasteiger partial charge in [0.15, 0.2) is 0 Å². The molecule has 0 fully saturated rings. The fourth-order valence-electron chi connectivity index (χ4n) is 1.66. The molecule has 0 heterocycles. The summed E-state index contributed by atoms with van der Waals surface area (Å²) >= 11 is 0. The monoisotopic (exact) mass is 191 g/mol. The lowest BCUT2D eigenvalue weighted by Crippen LogP contribution is -2.21. The summed E-state index contributed by atoms with van der Waals surface area (Å²) in [5.41, 5.74) is 3.01. The minimum atomic E-state index is 0.611. The van der Waals surface area contributed by atoms with Crippen LogP contribution in [0.25, 0.3) is 0 Å². The molecule has 1 unspecified atom stereocenters. The average Bonchev–Trinajstić information content (AvgIpc) is 2.26. The van der Waals surface area contributed by atoms with E-state index in [2.05, 4.69) is 43.4 Å². The molecular formula is C13H21N. The van der Waals surface area contributed by atoms with Gasteiger partial charge in [-0.05, 0) is 44.4 Å². The van der Waals surface area contributed by atoms with Crippen molar-refractivity contribution in [1.82, 2.24) is 5.32 Å². The number of hydrogen-bond donors (Lipinski definition) is 1. The van der Waals surface area contributed by atoms with Crippen LogP contribution in [0, 0.1) is 0 Å². The van der Waals surface area contributed by atoms with Crippen molar-refractivity contribution in [2.75, 3.05) is 7.05 Å². The van der Waals surface area contributed by atoms with Crippen molar-refractivity contribution >= 4 is 0 Å². The van der Waals surface area contributed by atoms with E-state index < -0.39 is 0 Å². The predicted octanol–water partition coefficient (Wildman–Crippen LogP) is 2.79. The maximum atomic E-state index is 3.27. The highest BCUT2D eigenvalue weighted by Gasteiger charge is 2.02. The van der Waals surface area contributed by atoms with Gasteiger partial charge in [0.2, 0.25) is 0 Å². The van der Waals surface area contributed by atoms with Gasteiger partial charge in [0, 0.05) is 6.04 Å². The second-order valence-corrected chi connectivity index (χ2v) is 3.85. The van der Waals surface area contributed by atoms with Gasteiger partial charge in [-0.25, -0.2) is 0 Å². The first-order valence-electron chi connectivity index (χ1n) is 5.52. The molecule has 0 aromatic heterocycles. The van der Waals surface area contributed by atoms with E-state index in [1.54, 1.807) is 0 Å². The van der Waals surface area contributed by atoms with E-state index in [0.29, 0.717) is 6.04 Å². The molecule has 1 nitrogen and oxygen atoms in total. The summed E-state index contributed by atoms with van der Waals surface area (Å²) in [5.74, 6) is 0. The second kappa shape index (κ2) is 5.82. The lowest BCUT2D eigenvalue weighted by Gasteiger charge is -2.11. The van der Waals surface area contributed by atoms with Gasteiger partial charge >= 0.3 is 0 Å². The molecule has 1 rings (SSSR count). The fourth-order valence-corrected chi connectivity index (χ4v) is 1.66. The highest BCUT2D eigenvalue weighted by atomic mass is 14.8. The Morgan fingerprint density at radius 3 is 2.43 bits per heavy atom. The van der Waals surface area contributed by atoms with E-state index in [1.807, 2.05) is 7.05 Å². The smallest absolute Gasteiger partial charge is 0.00388 e. The van der Waals surface area contributed by atoms with E-state index in [4.69, 9.17) is 0 Å². The molecule has 14 heavy (non-hydrogen) atoms. The Labute approximate surface area is 87.5 Å². The van der Waals surface area contributed by atoms with Crippen LogP contribution in [0.2, 0.25) is 0 Å². The fraction of sp³-hybridized carbons (Fsp3) is 0.538. The van der Waals surface area contributed by atoms with Gasteiger partial charge in [-0.1, -0.05) is 31.2 Å². The minimum absolute atomic E-state index is 0.611. The molecule has 1 aromatic carbocycles. The highest BCUT2D eigenvalue weighted by molar-refractivity contribution is 5.27. The second-order valence-electron chi connectivity index (χ2n) is 3.85. The Morgan fingerprint density at radius 1 is 1.21 bits per heavy atom. The van der Waals surface area contributed by atoms with Crippen LogP contribution < -0.4 is 5.32 Å². The molecule has 0 bridgehead atoms. The first kappa shape index (κ1) is 11.3. The number of hydrogen-bond acceptors (Lipinski definition) is 1. The summed E-state index contributed by atoms with van der Waals surface area (Å²) in [4.78, 5) is 0. The van der Waals surface area contributed by atoms with Gasteiger partial charge in [0.05, 0.1) is 0 Å². The van der Waals surface area contributed by atoms with E-state index in [1.165, 1.54) is 24.0 Å². The first-order chi connectivity index (χ1) is 6.77.